The molecular weight excluding hydrogens is 328 g/mol. The lowest BCUT2D eigenvalue weighted by Gasteiger charge is -2.17. The SMILES string of the molecule is CCNc1nc(C)nc(Nc2c(C)cc(Br)cc2C)c1C. The molecule has 5 heteroatoms. The van der Waals surface area contributed by atoms with Crippen molar-refractivity contribution >= 4 is 33.3 Å². The molecule has 0 unspecified atom stereocenters. The second-order valence-corrected chi connectivity index (χ2v) is 6.08. The molecule has 112 valence electrons. The molecule has 0 aliphatic carbocycles. The fourth-order valence-electron chi connectivity index (χ4n) is 2.32. The summed E-state index contributed by atoms with van der Waals surface area (Å²) < 4.78 is 1.09. The maximum absolute atomic E-state index is 4.54. The van der Waals surface area contributed by atoms with Crippen molar-refractivity contribution in [1.82, 2.24) is 9.97 Å². The van der Waals surface area contributed by atoms with Gasteiger partial charge < -0.3 is 10.6 Å². The lowest BCUT2D eigenvalue weighted by Crippen LogP contribution is -2.08. The summed E-state index contributed by atoms with van der Waals surface area (Å²) in [5.74, 6) is 2.50. The Morgan fingerprint density at radius 2 is 1.57 bits per heavy atom. The highest BCUT2D eigenvalue weighted by Crippen LogP contribution is 2.30. The van der Waals surface area contributed by atoms with Gasteiger partial charge in [0.05, 0.1) is 0 Å². The third kappa shape index (κ3) is 3.53. The summed E-state index contributed by atoms with van der Waals surface area (Å²) >= 11 is 3.53. The number of rotatable bonds is 4. The summed E-state index contributed by atoms with van der Waals surface area (Å²) in [5.41, 5.74) is 4.50. The molecule has 2 N–H and O–H groups in total. The number of hydrogen-bond donors (Lipinski definition) is 2. The number of anilines is 3. The number of hydrogen-bond acceptors (Lipinski definition) is 4. The van der Waals surface area contributed by atoms with E-state index in [0.29, 0.717) is 0 Å². The second-order valence-electron chi connectivity index (χ2n) is 5.16. The molecule has 2 aromatic rings. The van der Waals surface area contributed by atoms with Gasteiger partial charge in [-0.2, -0.15) is 0 Å². The van der Waals surface area contributed by atoms with Crippen molar-refractivity contribution in [2.75, 3.05) is 17.2 Å². The Morgan fingerprint density at radius 3 is 2.14 bits per heavy atom. The van der Waals surface area contributed by atoms with Crippen molar-refractivity contribution < 1.29 is 0 Å². The zero-order valence-corrected chi connectivity index (χ0v) is 14.7. The summed E-state index contributed by atoms with van der Waals surface area (Å²) in [6, 6.07) is 4.20. The van der Waals surface area contributed by atoms with Crippen LogP contribution < -0.4 is 10.6 Å². The summed E-state index contributed by atoms with van der Waals surface area (Å²) in [6.45, 7) is 11.0. The Labute approximate surface area is 134 Å². The van der Waals surface area contributed by atoms with E-state index in [4.69, 9.17) is 0 Å². The van der Waals surface area contributed by atoms with Gasteiger partial charge in [0.15, 0.2) is 0 Å². The molecule has 0 saturated carbocycles. The molecule has 0 saturated heterocycles. The van der Waals surface area contributed by atoms with E-state index >= 15 is 0 Å². The van der Waals surface area contributed by atoms with E-state index in [-0.39, 0.29) is 0 Å². The predicted molar refractivity (Wildman–Crippen MR) is 92.6 cm³/mol. The number of nitrogens with zero attached hydrogens (tertiary/aromatic N) is 2. The third-order valence-corrected chi connectivity index (χ3v) is 3.80. The number of nitrogens with one attached hydrogen (secondary N) is 2. The summed E-state index contributed by atoms with van der Waals surface area (Å²) in [4.78, 5) is 9.00. The highest BCUT2D eigenvalue weighted by molar-refractivity contribution is 9.10. The molecule has 0 aliphatic rings. The van der Waals surface area contributed by atoms with Gasteiger partial charge >= 0.3 is 0 Å². The summed E-state index contributed by atoms with van der Waals surface area (Å²) in [7, 11) is 0. The van der Waals surface area contributed by atoms with Crippen LogP contribution in [0.2, 0.25) is 0 Å². The molecule has 0 amide bonds. The number of halogens is 1. The van der Waals surface area contributed by atoms with Gasteiger partial charge in [-0.05, 0) is 57.9 Å². The molecule has 0 bridgehead atoms. The largest absolute Gasteiger partial charge is 0.370 e. The van der Waals surface area contributed by atoms with Gasteiger partial charge in [-0.1, -0.05) is 15.9 Å². The molecule has 1 aromatic carbocycles. The van der Waals surface area contributed by atoms with E-state index < -0.39 is 0 Å². The van der Waals surface area contributed by atoms with Crippen molar-refractivity contribution in [2.24, 2.45) is 0 Å². The van der Waals surface area contributed by atoms with E-state index in [1.54, 1.807) is 0 Å². The smallest absolute Gasteiger partial charge is 0.139 e. The van der Waals surface area contributed by atoms with Gasteiger partial charge in [0.1, 0.15) is 17.5 Å². The predicted octanol–water partition coefficient (Wildman–Crippen LogP) is 4.65. The third-order valence-electron chi connectivity index (χ3n) is 3.34. The van der Waals surface area contributed by atoms with E-state index in [1.165, 1.54) is 11.1 Å². The normalized spacial score (nSPS) is 10.6. The number of benzene rings is 1. The van der Waals surface area contributed by atoms with Crippen LogP contribution in [0, 0.1) is 27.7 Å². The first-order chi connectivity index (χ1) is 9.92. The van der Waals surface area contributed by atoms with Gasteiger partial charge in [-0.25, -0.2) is 9.97 Å². The van der Waals surface area contributed by atoms with Gasteiger partial charge in [-0.15, -0.1) is 0 Å². The lowest BCUT2D eigenvalue weighted by molar-refractivity contribution is 1.02. The first-order valence-electron chi connectivity index (χ1n) is 7.05. The van der Waals surface area contributed by atoms with Crippen LogP contribution in [0.15, 0.2) is 16.6 Å². The molecule has 0 fully saturated rings. The van der Waals surface area contributed by atoms with Crippen LogP contribution in [-0.4, -0.2) is 16.5 Å². The van der Waals surface area contributed by atoms with Crippen LogP contribution in [0.3, 0.4) is 0 Å². The molecule has 2 rings (SSSR count). The monoisotopic (exact) mass is 348 g/mol. The first kappa shape index (κ1) is 15.8. The van der Waals surface area contributed by atoms with E-state index in [2.05, 4.69) is 69.4 Å². The molecule has 1 heterocycles. The van der Waals surface area contributed by atoms with E-state index in [0.717, 1.165) is 39.7 Å². The Hall–Kier alpha value is -1.62. The topological polar surface area (TPSA) is 49.8 Å². The van der Waals surface area contributed by atoms with Crippen molar-refractivity contribution in [3.8, 4) is 0 Å². The van der Waals surface area contributed by atoms with E-state index in [1.807, 2.05) is 13.8 Å². The zero-order chi connectivity index (χ0) is 15.6. The molecule has 0 atom stereocenters. The van der Waals surface area contributed by atoms with Crippen molar-refractivity contribution in [3.05, 3.63) is 39.1 Å². The molecule has 4 nitrogen and oxygen atoms in total. The van der Waals surface area contributed by atoms with Crippen LogP contribution in [0.4, 0.5) is 17.3 Å². The average Bonchev–Trinajstić information content (AvgIpc) is 2.39. The Balaban J connectivity index is 2.45. The summed E-state index contributed by atoms with van der Waals surface area (Å²) in [6.07, 6.45) is 0. The van der Waals surface area contributed by atoms with Crippen molar-refractivity contribution in [1.29, 1.82) is 0 Å². The van der Waals surface area contributed by atoms with Gasteiger partial charge in [-0.3, -0.25) is 0 Å². The Bertz CT molecular complexity index is 645. The van der Waals surface area contributed by atoms with Crippen molar-refractivity contribution in [2.45, 2.75) is 34.6 Å². The number of aryl methyl sites for hydroxylation is 3. The standard InChI is InChI=1S/C16H21BrN4/c1-6-18-15-11(4)16(20-12(5)19-15)21-14-9(2)7-13(17)8-10(14)3/h7-8H,6H2,1-5H3,(H2,18,19,20,21). The molecule has 0 aliphatic heterocycles. The van der Waals surface area contributed by atoms with Gasteiger partial charge in [0, 0.05) is 22.3 Å². The molecular formula is C16H21BrN4. The fraction of sp³-hybridized carbons (Fsp3) is 0.375. The lowest BCUT2D eigenvalue weighted by atomic mass is 10.1. The maximum atomic E-state index is 4.54. The van der Waals surface area contributed by atoms with Crippen molar-refractivity contribution in [3.63, 3.8) is 0 Å². The average molecular weight is 349 g/mol. The highest BCUT2D eigenvalue weighted by atomic mass is 79.9. The quantitative estimate of drug-likeness (QED) is 0.844. The van der Waals surface area contributed by atoms with Crippen LogP contribution in [0.5, 0.6) is 0 Å². The maximum Gasteiger partial charge on any atom is 0.139 e. The minimum Gasteiger partial charge on any atom is -0.370 e. The summed E-state index contributed by atoms with van der Waals surface area (Å²) in [5, 5.41) is 6.75. The second kappa shape index (κ2) is 6.43. The molecule has 0 radical (unpaired) electrons. The molecule has 21 heavy (non-hydrogen) atoms. The first-order valence-corrected chi connectivity index (χ1v) is 7.84. The molecule has 1 aromatic heterocycles. The number of aromatic nitrogens is 2. The minimum absolute atomic E-state index is 0.756. The minimum atomic E-state index is 0.756. The van der Waals surface area contributed by atoms with Crippen LogP contribution in [0.1, 0.15) is 29.4 Å². The van der Waals surface area contributed by atoms with E-state index in [9.17, 15) is 0 Å². The van der Waals surface area contributed by atoms with Crippen LogP contribution >= 0.6 is 15.9 Å². The van der Waals surface area contributed by atoms with Gasteiger partial charge in [0.2, 0.25) is 0 Å². The van der Waals surface area contributed by atoms with Gasteiger partial charge in [0.25, 0.3) is 0 Å². The van der Waals surface area contributed by atoms with Crippen LogP contribution in [-0.2, 0) is 0 Å². The zero-order valence-electron chi connectivity index (χ0n) is 13.1. The highest BCUT2D eigenvalue weighted by Gasteiger charge is 2.11. The fourth-order valence-corrected chi connectivity index (χ4v) is 3.00. The molecule has 0 spiro atoms. The Kier molecular flexibility index (Phi) is 4.83. The van der Waals surface area contributed by atoms with Crippen LogP contribution in [0.25, 0.3) is 0 Å². The Morgan fingerprint density at radius 1 is 1.00 bits per heavy atom.